The van der Waals surface area contributed by atoms with Crippen LogP contribution in [-0.2, 0) is 38.8 Å². The summed E-state index contributed by atoms with van der Waals surface area (Å²) >= 11 is 0. The number of ether oxygens (including phenoxy) is 3. The average Bonchev–Trinajstić information content (AvgIpc) is 3.03. The van der Waals surface area contributed by atoms with Crippen LogP contribution in [0.5, 0.6) is 0 Å². The number of benzene rings is 3. The summed E-state index contributed by atoms with van der Waals surface area (Å²) in [7, 11) is 0. The number of hydrogen-bond acceptors (Lipinski definition) is 5. The second kappa shape index (κ2) is 12.8. The molecule has 4 rings (SSSR count). The van der Waals surface area contributed by atoms with Crippen LogP contribution in [0.15, 0.2) is 96.1 Å². The van der Waals surface area contributed by atoms with Gasteiger partial charge in [-0.25, -0.2) is 0 Å². The highest BCUT2D eigenvalue weighted by Gasteiger charge is 2.43. The molecule has 35 heavy (non-hydrogen) atoms. The Morgan fingerprint density at radius 2 is 1.17 bits per heavy atom. The van der Waals surface area contributed by atoms with Gasteiger partial charge in [0.15, 0.2) is 5.78 Å². The fourth-order valence-corrected chi connectivity index (χ4v) is 4.23. The molecule has 7 nitrogen and oxygen atoms in total. The van der Waals surface area contributed by atoms with E-state index < -0.39 is 24.4 Å². The highest BCUT2D eigenvalue weighted by molar-refractivity contribution is 5.84. The van der Waals surface area contributed by atoms with Gasteiger partial charge in [0.05, 0.1) is 32.0 Å². The number of hydrogen-bond donors (Lipinski definition) is 0. The maximum atomic E-state index is 13.2. The molecule has 0 heterocycles. The van der Waals surface area contributed by atoms with Crippen molar-refractivity contribution in [3.63, 3.8) is 0 Å². The molecule has 0 saturated heterocycles. The fraction of sp³-hybridized carbons (Fsp3) is 0.321. The SMILES string of the molecule is [N-]=[N+]=N[C@H]1CCC(=O)[C@H](OCc2ccccc2)[C@@H](OCc2ccccc2)[C@@H]1OCc1ccccc1. The Morgan fingerprint density at radius 3 is 1.66 bits per heavy atom. The lowest BCUT2D eigenvalue weighted by atomic mass is 10.0. The molecule has 1 aliphatic rings. The van der Waals surface area contributed by atoms with Crippen molar-refractivity contribution in [3.8, 4) is 0 Å². The Labute approximate surface area is 205 Å². The quantitative estimate of drug-likeness (QED) is 0.162. The molecule has 0 bridgehead atoms. The molecule has 1 fully saturated rings. The topological polar surface area (TPSA) is 93.5 Å². The van der Waals surface area contributed by atoms with Crippen molar-refractivity contribution >= 4 is 5.78 Å². The molecule has 7 heteroatoms. The number of Topliss-reactive ketones (excluding diaryl/α,β-unsaturated/α-hetero) is 1. The Kier molecular flexibility index (Phi) is 9.04. The summed E-state index contributed by atoms with van der Waals surface area (Å²) in [5, 5.41) is 4.00. The van der Waals surface area contributed by atoms with E-state index >= 15 is 0 Å². The van der Waals surface area contributed by atoms with Gasteiger partial charge in [-0.2, -0.15) is 0 Å². The lowest BCUT2D eigenvalue weighted by molar-refractivity contribution is -0.165. The van der Waals surface area contributed by atoms with E-state index in [2.05, 4.69) is 10.0 Å². The van der Waals surface area contributed by atoms with Crippen LogP contribution in [0.1, 0.15) is 29.5 Å². The first-order chi connectivity index (χ1) is 17.2. The molecule has 1 saturated carbocycles. The number of rotatable bonds is 10. The molecule has 3 aromatic carbocycles. The lowest BCUT2D eigenvalue weighted by Gasteiger charge is -2.33. The summed E-state index contributed by atoms with van der Waals surface area (Å²) in [4.78, 5) is 16.3. The third kappa shape index (κ3) is 7.01. The molecule has 0 aromatic heterocycles. The summed E-state index contributed by atoms with van der Waals surface area (Å²) in [6, 6.07) is 28.6. The normalized spacial score (nSPS) is 22.2. The minimum absolute atomic E-state index is 0.0806. The molecule has 1 aliphatic carbocycles. The van der Waals surface area contributed by atoms with Gasteiger partial charge in [0.1, 0.15) is 12.2 Å². The van der Waals surface area contributed by atoms with E-state index in [4.69, 9.17) is 14.2 Å². The second-order valence-corrected chi connectivity index (χ2v) is 8.52. The van der Waals surface area contributed by atoms with Gasteiger partial charge >= 0.3 is 0 Å². The van der Waals surface area contributed by atoms with Gasteiger partial charge in [-0.1, -0.05) is 96.1 Å². The first-order valence-corrected chi connectivity index (χ1v) is 11.8. The maximum Gasteiger partial charge on any atom is 0.164 e. The first-order valence-electron chi connectivity index (χ1n) is 11.8. The van der Waals surface area contributed by atoms with E-state index in [-0.39, 0.29) is 25.4 Å². The molecule has 0 unspecified atom stereocenters. The van der Waals surface area contributed by atoms with Crippen molar-refractivity contribution in [2.75, 3.05) is 0 Å². The Bertz CT molecular complexity index is 1100. The zero-order valence-electron chi connectivity index (χ0n) is 19.5. The third-order valence-electron chi connectivity index (χ3n) is 6.05. The molecule has 0 radical (unpaired) electrons. The van der Waals surface area contributed by atoms with E-state index in [1.165, 1.54) is 0 Å². The van der Waals surface area contributed by atoms with Crippen LogP contribution in [0.2, 0.25) is 0 Å². The standard InChI is InChI=1S/C28H29N3O4/c29-31-30-24-16-17-25(32)27(34-19-22-12-6-2-7-13-22)28(35-20-23-14-8-3-9-15-23)26(24)33-18-21-10-4-1-5-11-21/h1-15,24,26-28H,16-20H2/t24-,26+,27-,28-/m0/s1. The summed E-state index contributed by atoms with van der Waals surface area (Å²) in [5.74, 6) is -0.0806. The molecule has 0 N–H and O–H groups in total. The van der Waals surface area contributed by atoms with Crippen LogP contribution >= 0.6 is 0 Å². The number of carbonyl (C=O) groups is 1. The van der Waals surface area contributed by atoms with E-state index in [1.54, 1.807) is 0 Å². The lowest BCUT2D eigenvalue weighted by Crippen LogP contribution is -2.48. The zero-order valence-corrected chi connectivity index (χ0v) is 19.5. The second-order valence-electron chi connectivity index (χ2n) is 8.52. The fourth-order valence-electron chi connectivity index (χ4n) is 4.23. The van der Waals surface area contributed by atoms with Crippen LogP contribution < -0.4 is 0 Å². The van der Waals surface area contributed by atoms with Gasteiger partial charge in [-0.3, -0.25) is 4.79 Å². The van der Waals surface area contributed by atoms with Crippen LogP contribution in [0.4, 0.5) is 0 Å². The van der Waals surface area contributed by atoms with Crippen molar-refractivity contribution < 1.29 is 19.0 Å². The maximum absolute atomic E-state index is 13.2. The number of azide groups is 1. The average molecular weight is 472 g/mol. The number of ketones is 1. The van der Waals surface area contributed by atoms with E-state index in [0.29, 0.717) is 13.0 Å². The van der Waals surface area contributed by atoms with E-state index in [9.17, 15) is 10.3 Å². The Hall–Kier alpha value is -3.48. The Balaban J connectivity index is 1.61. The predicted molar refractivity (Wildman–Crippen MR) is 132 cm³/mol. The largest absolute Gasteiger partial charge is 0.370 e. The van der Waals surface area contributed by atoms with Crippen LogP contribution in [-0.4, -0.2) is 30.1 Å². The van der Waals surface area contributed by atoms with Gasteiger partial charge in [0, 0.05) is 11.3 Å². The summed E-state index contributed by atoms with van der Waals surface area (Å²) in [6.45, 7) is 0.839. The van der Waals surface area contributed by atoms with Crippen molar-refractivity contribution in [1.29, 1.82) is 0 Å². The molecular weight excluding hydrogens is 442 g/mol. The summed E-state index contributed by atoms with van der Waals surface area (Å²) in [5.41, 5.74) is 12.1. The zero-order chi connectivity index (χ0) is 24.3. The third-order valence-corrected chi connectivity index (χ3v) is 6.05. The Morgan fingerprint density at radius 1 is 0.714 bits per heavy atom. The highest BCUT2D eigenvalue weighted by Crippen LogP contribution is 2.29. The smallest absolute Gasteiger partial charge is 0.164 e. The minimum Gasteiger partial charge on any atom is -0.370 e. The van der Waals surface area contributed by atoms with Crippen LogP contribution in [0.3, 0.4) is 0 Å². The predicted octanol–water partition coefficient (Wildman–Crippen LogP) is 5.78. The first kappa shape index (κ1) is 24.6. The van der Waals surface area contributed by atoms with Crippen molar-refractivity contribution in [1.82, 2.24) is 0 Å². The van der Waals surface area contributed by atoms with E-state index in [1.807, 2.05) is 91.0 Å². The molecule has 0 aliphatic heterocycles. The summed E-state index contributed by atoms with van der Waals surface area (Å²) < 4.78 is 18.8. The molecule has 0 amide bonds. The summed E-state index contributed by atoms with van der Waals surface area (Å²) in [6.07, 6.45) is -1.65. The van der Waals surface area contributed by atoms with Gasteiger partial charge in [0.25, 0.3) is 0 Å². The van der Waals surface area contributed by atoms with Crippen molar-refractivity contribution in [2.45, 2.75) is 57.0 Å². The monoisotopic (exact) mass is 471 g/mol. The molecule has 4 atom stereocenters. The van der Waals surface area contributed by atoms with Gasteiger partial charge < -0.3 is 14.2 Å². The molecule has 3 aromatic rings. The van der Waals surface area contributed by atoms with Crippen LogP contribution in [0.25, 0.3) is 10.4 Å². The van der Waals surface area contributed by atoms with Crippen molar-refractivity contribution in [2.24, 2.45) is 5.11 Å². The highest BCUT2D eigenvalue weighted by atomic mass is 16.6. The minimum atomic E-state index is -0.849. The van der Waals surface area contributed by atoms with E-state index in [0.717, 1.165) is 16.7 Å². The number of nitrogens with zero attached hydrogens (tertiary/aromatic N) is 3. The van der Waals surface area contributed by atoms with Gasteiger partial charge in [-0.05, 0) is 28.6 Å². The van der Waals surface area contributed by atoms with Gasteiger partial charge in [-0.15, -0.1) is 0 Å². The van der Waals surface area contributed by atoms with Crippen molar-refractivity contribution in [3.05, 3.63) is 118 Å². The molecule has 0 spiro atoms. The number of carbonyl (C=O) groups excluding carboxylic acids is 1. The van der Waals surface area contributed by atoms with Gasteiger partial charge in [0.2, 0.25) is 0 Å². The van der Waals surface area contributed by atoms with Crippen LogP contribution in [0, 0.1) is 0 Å². The molecular formula is C28H29N3O4. The molecule has 180 valence electrons.